The van der Waals surface area contributed by atoms with E-state index in [4.69, 9.17) is 5.11 Å². The lowest BCUT2D eigenvalue weighted by molar-refractivity contribution is -0.138. The molecule has 1 atom stereocenters. The van der Waals surface area contributed by atoms with E-state index in [0.717, 1.165) is 5.69 Å². The number of nitrogens with one attached hydrogen (secondary N) is 1. The Labute approximate surface area is 135 Å². The maximum atomic E-state index is 12.3. The van der Waals surface area contributed by atoms with E-state index in [2.05, 4.69) is 10.4 Å². The molecule has 0 saturated carbocycles. The molecule has 2 N–H and O–H groups in total. The van der Waals surface area contributed by atoms with Crippen molar-refractivity contribution in [2.24, 2.45) is 0 Å². The van der Waals surface area contributed by atoms with Gasteiger partial charge in [0.05, 0.1) is 17.7 Å². The van der Waals surface area contributed by atoms with Crippen LogP contribution in [0, 0.1) is 6.92 Å². The predicted octanol–water partition coefficient (Wildman–Crippen LogP) is 3.21. The molecule has 0 bridgehead atoms. The maximum Gasteiger partial charge on any atom is 0.310 e. The minimum Gasteiger partial charge on any atom is -0.481 e. The van der Waals surface area contributed by atoms with Gasteiger partial charge in [-0.15, -0.1) is 0 Å². The van der Waals surface area contributed by atoms with Crippen molar-refractivity contribution in [3.8, 4) is 0 Å². The van der Waals surface area contributed by atoms with Crippen molar-refractivity contribution in [1.29, 1.82) is 0 Å². The minimum absolute atomic E-state index is 0.188. The summed E-state index contributed by atoms with van der Waals surface area (Å²) in [7, 11) is 0. The van der Waals surface area contributed by atoms with Crippen LogP contribution in [-0.2, 0) is 4.79 Å². The summed E-state index contributed by atoms with van der Waals surface area (Å²) in [6, 6.07) is 7.01. The van der Waals surface area contributed by atoms with Crippen LogP contribution < -0.4 is 5.32 Å². The summed E-state index contributed by atoms with van der Waals surface area (Å²) in [4.78, 5) is 23.3. The number of aromatic nitrogens is 2. The Morgan fingerprint density at radius 3 is 2.26 bits per heavy atom. The molecule has 0 aliphatic carbocycles. The number of rotatable bonds is 5. The lowest BCUT2D eigenvalue weighted by Gasteiger charge is -2.10. The van der Waals surface area contributed by atoms with Crippen LogP contribution >= 0.6 is 0 Å². The summed E-state index contributed by atoms with van der Waals surface area (Å²) in [5.74, 6) is -1.68. The predicted molar refractivity (Wildman–Crippen MR) is 87.8 cm³/mol. The zero-order chi connectivity index (χ0) is 17.1. The number of carboxylic acid groups (broad SMARTS) is 1. The average Bonchev–Trinajstić information content (AvgIpc) is 2.89. The number of amides is 1. The fourth-order valence-corrected chi connectivity index (χ4v) is 2.36. The minimum atomic E-state index is -0.876. The van der Waals surface area contributed by atoms with Crippen LogP contribution in [0.15, 0.2) is 30.5 Å². The zero-order valence-corrected chi connectivity index (χ0v) is 13.7. The van der Waals surface area contributed by atoms with Gasteiger partial charge in [-0.25, -0.2) is 0 Å². The molecule has 1 heterocycles. The van der Waals surface area contributed by atoms with Gasteiger partial charge in [0.25, 0.3) is 5.91 Å². The van der Waals surface area contributed by atoms with Crippen LogP contribution in [0.2, 0.25) is 0 Å². The Morgan fingerprint density at radius 2 is 1.78 bits per heavy atom. The number of aliphatic carboxylic acids is 1. The number of hydrogen-bond donors (Lipinski definition) is 2. The molecule has 6 heteroatoms. The highest BCUT2D eigenvalue weighted by Crippen LogP contribution is 2.19. The lowest BCUT2D eigenvalue weighted by Crippen LogP contribution is -2.14. The molecule has 2 aromatic rings. The SMILES string of the molecule is Cc1c(C(=O)Nc2ccc(C(C)C(=O)O)cc2)cnn1C(C)C. The normalized spacial score (nSPS) is 12.2. The van der Waals surface area contributed by atoms with Crippen LogP contribution in [0.3, 0.4) is 0 Å². The van der Waals surface area contributed by atoms with Gasteiger partial charge < -0.3 is 10.4 Å². The molecular formula is C17H21N3O3. The second-order valence-corrected chi connectivity index (χ2v) is 5.82. The molecule has 6 nitrogen and oxygen atoms in total. The van der Waals surface area contributed by atoms with E-state index >= 15 is 0 Å². The topological polar surface area (TPSA) is 84.2 Å². The monoisotopic (exact) mass is 315 g/mol. The van der Waals surface area contributed by atoms with Crippen LogP contribution in [0.5, 0.6) is 0 Å². The number of nitrogens with zero attached hydrogens (tertiary/aromatic N) is 2. The number of carbonyl (C=O) groups is 2. The van der Waals surface area contributed by atoms with Crippen molar-refractivity contribution in [3.05, 3.63) is 47.3 Å². The van der Waals surface area contributed by atoms with Crippen LogP contribution in [-0.4, -0.2) is 26.8 Å². The van der Waals surface area contributed by atoms with Crippen molar-refractivity contribution in [1.82, 2.24) is 9.78 Å². The molecule has 2 rings (SSSR count). The van der Waals surface area contributed by atoms with Crippen molar-refractivity contribution in [3.63, 3.8) is 0 Å². The van der Waals surface area contributed by atoms with Crippen molar-refractivity contribution in [2.75, 3.05) is 5.32 Å². The Hall–Kier alpha value is -2.63. The van der Waals surface area contributed by atoms with E-state index in [9.17, 15) is 9.59 Å². The first kappa shape index (κ1) is 16.7. The van der Waals surface area contributed by atoms with Gasteiger partial charge >= 0.3 is 5.97 Å². The summed E-state index contributed by atoms with van der Waals surface area (Å²) in [5.41, 5.74) is 2.66. The number of carboxylic acids is 1. The molecule has 1 aromatic heterocycles. The van der Waals surface area contributed by atoms with Crippen molar-refractivity contribution in [2.45, 2.75) is 39.7 Å². The van der Waals surface area contributed by atoms with Gasteiger partial charge in [0.2, 0.25) is 0 Å². The Bertz CT molecular complexity index is 717. The lowest BCUT2D eigenvalue weighted by atomic mass is 10.0. The molecule has 23 heavy (non-hydrogen) atoms. The Morgan fingerprint density at radius 1 is 1.17 bits per heavy atom. The van der Waals surface area contributed by atoms with Crippen molar-refractivity contribution < 1.29 is 14.7 Å². The third kappa shape index (κ3) is 3.59. The molecule has 1 aromatic carbocycles. The van der Waals surface area contributed by atoms with E-state index in [0.29, 0.717) is 16.8 Å². The standard InChI is InChI=1S/C17H21N3O3/c1-10(2)20-12(4)15(9-18-20)16(21)19-14-7-5-13(6-8-14)11(3)17(22)23/h5-11H,1-4H3,(H,19,21)(H,22,23). The van der Waals surface area contributed by atoms with Gasteiger partial charge in [-0.3, -0.25) is 14.3 Å². The van der Waals surface area contributed by atoms with E-state index in [-0.39, 0.29) is 11.9 Å². The third-order valence-corrected chi connectivity index (χ3v) is 3.82. The molecule has 0 aliphatic rings. The van der Waals surface area contributed by atoms with E-state index < -0.39 is 11.9 Å². The fraction of sp³-hybridized carbons (Fsp3) is 0.353. The zero-order valence-electron chi connectivity index (χ0n) is 13.7. The summed E-state index contributed by atoms with van der Waals surface area (Å²) in [6.45, 7) is 7.49. The van der Waals surface area contributed by atoms with Gasteiger partial charge in [-0.05, 0) is 45.4 Å². The largest absolute Gasteiger partial charge is 0.481 e. The average molecular weight is 315 g/mol. The molecule has 0 fully saturated rings. The highest BCUT2D eigenvalue weighted by atomic mass is 16.4. The summed E-state index contributed by atoms with van der Waals surface area (Å²) >= 11 is 0. The number of carbonyl (C=O) groups excluding carboxylic acids is 1. The van der Waals surface area contributed by atoms with Gasteiger partial charge in [0.15, 0.2) is 0 Å². The number of hydrogen-bond acceptors (Lipinski definition) is 3. The number of anilines is 1. The first-order chi connectivity index (χ1) is 10.8. The third-order valence-electron chi connectivity index (χ3n) is 3.82. The molecule has 0 aliphatic heterocycles. The summed E-state index contributed by atoms with van der Waals surface area (Å²) in [5, 5.41) is 16.0. The highest BCUT2D eigenvalue weighted by Gasteiger charge is 2.16. The molecule has 0 radical (unpaired) electrons. The molecule has 1 amide bonds. The van der Waals surface area contributed by atoms with Crippen molar-refractivity contribution >= 4 is 17.6 Å². The maximum absolute atomic E-state index is 12.3. The Balaban J connectivity index is 2.13. The van der Waals surface area contributed by atoms with Gasteiger partial charge in [-0.1, -0.05) is 12.1 Å². The second kappa shape index (κ2) is 6.64. The highest BCUT2D eigenvalue weighted by molar-refractivity contribution is 6.04. The smallest absolute Gasteiger partial charge is 0.310 e. The van der Waals surface area contributed by atoms with Gasteiger partial charge in [0, 0.05) is 17.4 Å². The molecular weight excluding hydrogens is 294 g/mol. The molecule has 0 spiro atoms. The molecule has 1 unspecified atom stereocenters. The van der Waals surface area contributed by atoms with Crippen LogP contribution in [0.25, 0.3) is 0 Å². The molecule has 122 valence electrons. The first-order valence-corrected chi connectivity index (χ1v) is 7.49. The molecule has 0 saturated heterocycles. The van der Waals surface area contributed by atoms with E-state index in [1.807, 2.05) is 20.8 Å². The summed E-state index contributed by atoms with van der Waals surface area (Å²) < 4.78 is 1.80. The van der Waals surface area contributed by atoms with E-state index in [1.54, 1.807) is 42.1 Å². The summed E-state index contributed by atoms with van der Waals surface area (Å²) in [6.07, 6.45) is 1.56. The number of benzene rings is 1. The van der Waals surface area contributed by atoms with Gasteiger partial charge in [0.1, 0.15) is 0 Å². The second-order valence-electron chi connectivity index (χ2n) is 5.82. The van der Waals surface area contributed by atoms with Crippen LogP contribution in [0.4, 0.5) is 5.69 Å². The van der Waals surface area contributed by atoms with Gasteiger partial charge in [-0.2, -0.15) is 5.10 Å². The fourth-order valence-electron chi connectivity index (χ4n) is 2.36. The van der Waals surface area contributed by atoms with E-state index in [1.165, 1.54) is 0 Å². The first-order valence-electron chi connectivity index (χ1n) is 7.49. The Kier molecular flexibility index (Phi) is 4.83. The van der Waals surface area contributed by atoms with Crippen LogP contribution in [0.1, 0.15) is 54.3 Å². The quantitative estimate of drug-likeness (QED) is 0.887.